The van der Waals surface area contributed by atoms with E-state index in [9.17, 15) is 10.1 Å². The molecular weight excluding hydrogens is 482 g/mol. The van der Waals surface area contributed by atoms with Crippen molar-refractivity contribution in [3.05, 3.63) is 75.2 Å². The number of nitriles is 1. The molecule has 33 heavy (non-hydrogen) atoms. The Morgan fingerprint density at radius 2 is 1.76 bits per heavy atom. The highest BCUT2D eigenvalue weighted by atomic mass is 79.9. The first-order valence-corrected chi connectivity index (χ1v) is 11.4. The maximum Gasteiger partial charge on any atom is 0.162 e. The number of hydrogen-bond donors (Lipinski definition) is 1. The molecule has 1 heterocycles. The van der Waals surface area contributed by atoms with Crippen LogP contribution in [0.15, 0.2) is 69.6 Å². The highest BCUT2D eigenvalue weighted by Crippen LogP contribution is 2.50. The maximum absolute atomic E-state index is 13.6. The molecule has 2 aromatic rings. The second-order valence-corrected chi connectivity index (χ2v) is 9.99. The standard InChI is InChI=1S/C26H26BrN3O3/c1-26(2)12-19-24(20(31)13-26)23(15-5-10-21(32-3)22(11-15)33-4)18(14-28)25(29)30(19)17-8-6-16(27)7-9-17/h5-11,23H,12-13,29H2,1-4H3. The van der Waals surface area contributed by atoms with Gasteiger partial charge in [0.15, 0.2) is 17.3 Å². The summed E-state index contributed by atoms with van der Waals surface area (Å²) < 4.78 is 11.8. The molecule has 1 atom stereocenters. The first-order chi connectivity index (χ1) is 15.7. The van der Waals surface area contributed by atoms with E-state index in [0.29, 0.717) is 41.3 Å². The fourth-order valence-electron chi connectivity index (χ4n) is 4.76. The van der Waals surface area contributed by atoms with Crippen molar-refractivity contribution in [2.24, 2.45) is 11.1 Å². The zero-order valence-electron chi connectivity index (χ0n) is 19.1. The Labute approximate surface area is 202 Å². The van der Waals surface area contributed by atoms with Gasteiger partial charge in [0.1, 0.15) is 5.82 Å². The van der Waals surface area contributed by atoms with Crippen LogP contribution in [0.25, 0.3) is 0 Å². The van der Waals surface area contributed by atoms with Crippen LogP contribution in [0, 0.1) is 16.7 Å². The van der Waals surface area contributed by atoms with Crippen molar-refractivity contribution in [1.29, 1.82) is 5.26 Å². The number of carbonyl (C=O) groups is 1. The van der Waals surface area contributed by atoms with E-state index in [1.165, 1.54) is 0 Å². The number of rotatable bonds is 4. The summed E-state index contributed by atoms with van der Waals surface area (Å²) >= 11 is 3.47. The van der Waals surface area contributed by atoms with Gasteiger partial charge in [-0.25, -0.2) is 0 Å². The molecule has 1 aliphatic heterocycles. The van der Waals surface area contributed by atoms with Crippen LogP contribution in [0.1, 0.15) is 38.2 Å². The van der Waals surface area contributed by atoms with Gasteiger partial charge in [0.05, 0.1) is 31.8 Å². The van der Waals surface area contributed by atoms with Gasteiger partial charge in [-0.3, -0.25) is 9.69 Å². The normalized spacial score (nSPS) is 19.8. The fourth-order valence-corrected chi connectivity index (χ4v) is 5.02. The number of ketones is 1. The number of benzene rings is 2. The van der Waals surface area contributed by atoms with E-state index in [1.807, 2.05) is 41.3 Å². The van der Waals surface area contributed by atoms with E-state index >= 15 is 0 Å². The number of carbonyl (C=O) groups excluding carboxylic acids is 1. The summed E-state index contributed by atoms with van der Waals surface area (Å²) in [5.41, 5.74) is 9.83. The molecule has 6 nitrogen and oxygen atoms in total. The molecule has 7 heteroatoms. The Morgan fingerprint density at radius 3 is 2.36 bits per heavy atom. The highest BCUT2D eigenvalue weighted by Gasteiger charge is 2.44. The molecule has 0 radical (unpaired) electrons. The third-order valence-corrected chi connectivity index (χ3v) is 6.74. The lowest BCUT2D eigenvalue weighted by molar-refractivity contribution is -0.118. The van der Waals surface area contributed by atoms with Crippen molar-refractivity contribution in [2.75, 3.05) is 19.1 Å². The van der Waals surface area contributed by atoms with Gasteiger partial charge >= 0.3 is 0 Å². The molecule has 0 amide bonds. The van der Waals surface area contributed by atoms with Crippen molar-refractivity contribution < 1.29 is 14.3 Å². The van der Waals surface area contributed by atoms with E-state index in [0.717, 1.165) is 21.4 Å². The summed E-state index contributed by atoms with van der Waals surface area (Å²) in [5.74, 6) is 0.911. The lowest BCUT2D eigenvalue weighted by Gasteiger charge is -2.43. The van der Waals surface area contributed by atoms with Gasteiger partial charge in [-0.2, -0.15) is 5.26 Å². The number of Topliss-reactive ketones (excluding diaryl/α,β-unsaturated/α-hetero) is 1. The van der Waals surface area contributed by atoms with E-state index in [-0.39, 0.29) is 11.2 Å². The second-order valence-electron chi connectivity index (χ2n) is 9.07. The van der Waals surface area contributed by atoms with Crippen molar-refractivity contribution in [2.45, 2.75) is 32.6 Å². The van der Waals surface area contributed by atoms with Crippen molar-refractivity contribution >= 4 is 27.4 Å². The first-order valence-electron chi connectivity index (χ1n) is 10.6. The van der Waals surface area contributed by atoms with Crippen LogP contribution in [0.5, 0.6) is 11.5 Å². The van der Waals surface area contributed by atoms with Crippen LogP contribution < -0.4 is 20.1 Å². The SMILES string of the molecule is COc1ccc(C2C(C#N)=C(N)N(c3ccc(Br)cc3)C3=C2C(=O)CC(C)(C)C3)cc1OC. The largest absolute Gasteiger partial charge is 0.493 e. The monoisotopic (exact) mass is 507 g/mol. The number of nitrogens with zero attached hydrogens (tertiary/aromatic N) is 2. The Kier molecular flexibility index (Phi) is 5.98. The van der Waals surface area contributed by atoms with Gasteiger partial charge in [0.2, 0.25) is 0 Å². The van der Waals surface area contributed by atoms with Gasteiger partial charge < -0.3 is 15.2 Å². The van der Waals surface area contributed by atoms with Gasteiger partial charge in [0, 0.05) is 27.9 Å². The molecule has 0 fully saturated rings. The van der Waals surface area contributed by atoms with Crippen molar-refractivity contribution in [3.8, 4) is 17.6 Å². The van der Waals surface area contributed by atoms with Crippen LogP contribution in [0.3, 0.4) is 0 Å². The fraction of sp³-hybridized carbons (Fsp3) is 0.308. The summed E-state index contributed by atoms with van der Waals surface area (Å²) in [5, 5.41) is 10.2. The summed E-state index contributed by atoms with van der Waals surface area (Å²) in [4.78, 5) is 15.5. The summed E-state index contributed by atoms with van der Waals surface area (Å²) in [6, 6.07) is 15.5. The number of hydrogen-bond acceptors (Lipinski definition) is 6. The number of ether oxygens (including phenoxy) is 2. The molecule has 2 aromatic carbocycles. The zero-order valence-corrected chi connectivity index (χ0v) is 20.7. The van der Waals surface area contributed by atoms with Crippen molar-refractivity contribution in [1.82, 2.24) is 0 Å². The number of halogens is 1. The van der Waals surface area contributed by atoms with E-state index in [2.05, 4.69) is 35.8 Å². The molecular formula is C26H26BrN3O3. The quantitative estimate of drug-likeness (QED) is 0.595. The van der Waals surface area contributed by atoms with Gasteiger partial charge in [-0.1, -0.05) is 35.8 Å². The predicted molar refractivity (Wildman–Crippen MR) is 131 cm³/mol. The predicted octanol–water partition coefficient (Wildman–Crippen LogP) is 5.41. The van der Waals surface area contributed by atoms with E-state index < -0.39 is 5.92 Å². The molecule has 0 saturated carbocycles. The maximum atomic E-state index is 13.6. The lowest BCUT2D eigenvalue weighted by atomic mass is 9.68. The van der Waals surface area contributed by atoms with Crippen LogP contribution in [-0.4, -0.2) is 20.0 Å². The number of nitrogens with two attached hydrogens (primary N) is 1. The minimum atomic E-state index is -0.569. The Bertz CT molecular complexity index is 1220. The molecule has 2 N–H and O–H groups in total. The minimum absolute atomic E-state index is 0.0309. The molecule has 0 aromatic heterocycles. The first kappa shape index (κ1) is 22.9. The zero-order chi connectivity index (χ0) is 23.9. The third-order valence-electron chi connectivity index (χ3n) is 6.21. The Hall–Kier alpha value is -3.24. The van der Waals surface area contributed by atoms with Crippen LogP contribution in [0.4, 0.5) is 5.69 Å². The number of methoxy groups -OCH3 is 2. The molecule has 170 valence electrons. The minimum Gasteiger partial charge on any atom is -0.493 e. The Balaban J connectivity index is 1.98. The highest BCUT2D eigenvalue weighted by molar-refractivity contribution is 9.10. The molecule has 0 saturated heterocycles. The summed E-state index contributed by atoms with van der Waals surface area (Å²) in [6.45, 7) is 4.17. The summed E-state index contributed by atoms with van der Waals surface area (Å²) in [7, 11) is 3.13. The van der Waals surface area contributed by atoms with Gasteiger partial charge in [-0.15, -0.1) is 0 Å². The molecule has 0 bridgehead atoms. The van der Waals surface area contributed by atoms with Crippen LogP contribution in [-0.2, 0) is 4.79 Å². The second kappa shape index (κ2) is 8.60. The Morgan fingerprint density at radius 1 is 1.09 bits per heavy atom. The van der Waals surface area contributed by atoms with Gasteiger partial charge in [-0.05, 0) is 53.8 Å². The number of allylic oxidation sites excluding steroid dienone is 3. The molecule has 4 rings (SSSR count). The van der Waals surface area contributed by atoms with Crippen LogP contribution >= 0.6 is 15.9 Å². The molecule has 2 aliphatic rings. The molecule has 1 aliphatic carbocycles. The van der Waals surface area contributed by atoms with Crippen LogP contribution in [0.2, 0.25) is 0 Å². The average Bonchev–Trinajstić information content (AvgIpc) is 2.78. The number of anilines is 1. The smallest absolute Gasteiger partial charge is 0.162 e. The van der Waals surface area contributed by atoms with Crippen molar-refractivity contribution in [3.63, 3.8) is 0 Å². The topological polar surface area (TPSA) is 88.6 Å². The molecule has 1 unspecified atom stereocenters. The third kappa shape index (κ3) is 4.00. The molecule has 0 spiro atoms. The lowest BCUT2D eigenvalue weighted by Crippen LogP contribution is -2.42. The summed E-state index contributed by atoms with van der Waals surface area (Å²) in [6.07, 6.45) is 1.07. The van der Waals surface area contributed by atoms with E-state index in [1.54, 1.807) is 20.3 Å². The van der Waals surface area contributed by atoms with Gasteiger partial charge in [0.25, 0.3) is 0 Å². The van der Waals surface area contributed by atoms with E-state index in [4.69, 9.17) is 15.2 Å². The average molecular weight is 508 g/mol.